The van der Waals surface area contributed by atoms with Crippen molar-refractivity contribution < 1.29 is 9.59 Å². The van der Waals surface area contributed by atoms with Crippen LogP contribution in [0.25, 0.3) is 0 Å². The van der Waals surface area contributed by atoms with Gasteiger partial charge in [0.25, 0.3) is 0 Å². The number of unbranched alkanes of at least 4 members (excludes halogenated alkanes) is 7. The van der Waals surface area contributed by atoms with E-state index in [1.165, 1.54) is 19.3 Å². The first-order chi connectivity index (χ1) is 13.1. The molecule has 0 aliphatic rings. The highest BCUT2D eigenvalue weighted by atomic mass is 16.1. The van der Waals surface area contributed by atoms with E-state index in [0.717, 1.165) is 49.7 Å². The molecule has 2 amide bonds. The maximum Gasteiger partial charge on any atom is 0.248 e. The van der Waals surface area contributed by atoms with E-state index >= 15 is 0 Å². The van der Waals surface area contributed by atoms with Crippen LogP contribution in [0.3, 0.4) is 0 Å². The van der Waals surface area contributed by atoms with Gasteiger partial charge in [-0.3, -0.25) is 9.59 Å². The van der Waals surface area contributed by atoms with Crippen LogP contribution in [0.15, 0.2) is 72.9 Å². The van der Waals surface area contributed by atoms with Crippen LogP contribution in [0.5, 0.6) is 0 Å². The van der Waals surface area contributed by atoms with Gasteiger partial charge in [-0.05, 0) is 47.1 Å². The number of nitrogens with two attached hydrogens (primary N) is 2. The first-order valence-electron chi connectivity index (χ1n) is 9.81. The van der Waals surface area contributed by atoms with Crippen molar-refractivity contribution in [2.75, 3.05) is 0 Å². The molecule has 0 heterocycles. The number of hydrogen-bond acceptors (Lipinski definition) is 2. The molecule has 0 aromatic carbocycles. The molecular formula is C24H36N2O2. The number of hydrogen-bond donors (Lipinski definition) is 2. The van der Waals surface area contributed by atoms with Gasteiger partial charge in [-0.2, -0.15) is 0 Å². The monoisotopic (exact) mass is 384 g/mol. The minimum Gasteiger partial charge on any atom is -0.370 e. The van der Waals surface area contributed by atoms with Gasteiger partial charge in [0, 0.05) is 12.0 Å². The Balaban J connectivity index is 4.05. The zero-order chi connectivity index (χ0) is 21.7. The second kappa shape index (κ2) is 13.5. The molecule has 0 aliphatic carbocycles. The Kier molecular flexibility index (Phi) is 12.3. The third kappa shape index (κ3) is 9.91. The van der Waals surface area contributed by atoms with E-state index in [4.69, 9.17) is 11.5 Å². The number of primary amides is 2. The highest BCUT2D eigenvalue weighted by molar-refractivity contribution is 5.97. The molecule has 154 valence electrons. The van der Waals surface area contributed by atoms with Gasteiger partial charge in [-0.1, -0.05) is 78.0 Å². The van der Waals surface area contributed by atoms with E-state index in [9.17, 15) is 9.59 Å². The van der Waals surface area contributed by atoms with E-state index in [0.29, 0.717) is 23.1 Å². The fourth-order valence-corrected chi connectivity index (χ4v) is 2.76. The summed E-state index contributed by atoms with van der Waals surface area (Å²) in [5.41, 5.74) is 13.6. The van der Waals surface area contributed by atoms with E-state index in [2.05, 4.69) is 39.5 Å². The van der Waals surface area contributed by atoms with Crippen molar-refractivity contribution in [2.24, 2.45) is 11.5 Å². The average Bonchev–Trinajstić information content (AvgIpc) is 2.65. The van der Waals surface area contributed by atoms with E-state index in [-0.39, 0.29) is 11.5 Å². The third-order valence-corrected chi connectivity index (χ3v) is 4.83. The zero-order valence-corrected chi connectivity index (χ0v) is 17.3. The van der Waals surface area contributed by atoms with Crippen LogP contribution in [0, 0.1) is 0 Å². The molecule has 0 aliphatic heterocycles. The van der Waals surface area contributed by atoms with Crippen LogP contribution in [0.4, 0.5) is 0 Å². The molecule has 0 spiro atoms. The molecule has 0 aromatic heterocycles. The summed E-state index contributed by atoms with van der Waals surface area (Å²) >= 11 is 0. The molecule has 0 rings (SSSR count). The van der Waals surface area contributed by atoms with Crippen molar-refractivity contribution in [3.63, 3.8) is 0 Å². The number of carbonyl (C=O) groups excluding carboxylic acids is 2. The fourth-order valence-electron chi connectivity index (χ4n) is 2.76. The second-order valence-electron chi connectivity index (χ2n) is 7.16. The number of rotatable bonds is 17. The highest BCUT2D eigenvalue weighted by Crippen LogP contribution is 2.30. The first kappa shape index (κ1) is 25.4. The summed E-state index contributed by atoms with van der Waals surface area (Å²) in [5, 5.41) is 0. The Labute approximate surface area is 170 Å². The molecule has 0 fully saturated rings. The Morgan fingerprint density at radius 2 is 0.857 bits per heavy atom. The number of allylic oxidation sites excluding steroid dienone is 4. The van der Waals surface area contributed by atoms with Gasteiger partial charge in [0.05, 0.1) is 0 Å². The summed E-state index contributed by atoms with van der Waals surface area (Å²) in [4.78, 5) is 21.9. The van der Waals surface area contributed by atoms with Crippen LogP contribution in [-0.4, -0.2) is 11.8 Å². The van der Waals surface area contributed by atoms with Crippen molar-refractivity contribution in [1.29, 1.82) is 0 Å². The summed E-state index contributed by atoms with van der Waals surface area (Å²) in [5.74, 6) is -0.841. The number of amides is 2. The lowest BCUT2D eigenvalue weighted by Crippen LogP contribution is -2.15. The van der Waals surface area contributed by atoms with Crippen molar-refractivity contribution >= 4 is 11.8 Å². The van der Waals surface area contributed by atoms with Crippen LogP contribution in [0.1, 0.15) is 64.2 Å². The fraction of sp³-hybridized carbons (Fsp3) is 0.417. The lowest BCUT2D eigenvalue weighted by molar-refractivity contribution is -0.118. The van der Waals surface area contributed by atoms with Crippen LogP contribution >= 0.6 is 0 Å². The van der Waals surface area contributed by atoms with Gasteiger partial charge in [-0.15, -0.1) is 0 Å². The second-order valence-corrected chi connectivity index (χ2v) is 7.16. The topological polar surface area (TPSA) is 86.2 Å². The van der Waals surface area contributed by atoms with Crippen LogP contribution in [0.2, 0.25) is 0 Å². The predicted octanol–water partition coefficient (Wildman–Crippen LogP) is 5.20. The smallest absolute Gasteiger partial charge is 0.248 e. The summed E-state index contributed by atoms with van der Waals surface area (Å²) in [6, 6.07) is 0. The third-order valence-electron chi connectivity index (χ3n) is 4.83. The van der Waals surface area contributed by atoms with E-state index in [1.54, 1.807) is 0 Å². The molecule has 0 atom stereocenters. The first-order valence-corrected chi connectivity index (χ1v) is 9.81. The van der Waals surface area contributed by atoms with Crippen LogP contribution in [-0.2, 0) is 9.59 Å². The summed E-state index contributed by atoms with van der Waals surface area (Å²) in [7, 11) is 0. The molecular weight excluding hydrogens is 348 g/mol. The summed E-state index contributed by atoms with van der Waals surface area (Å²) in [6.45, 7) is 23.5. The van der Waals surface area contributed by atoms with Crippen molar-refractivity contribution in [2.45, 2.75) is 64.2 Å². The lowest BCUT2D eigenvalue weighted by atomic mass is 9.88. The van der Waals surface area contributed by atoms with Crippen molar-refractivity contribution in [1.82, 2.24) is 0 Å². The molecule has 4 nitrogen and oxygen atoms in total. The summed E-state index contributed by atoms with van der Waals surface area (Å²) < 4.78 is 0. The maximum absolute atomic E-state index is 11.2. The lowest BCUT2D eigenvalue weighted by Gasteiger charge is -2.16. The van der Waals surface area contributed by atoms with Crippen molar-refractivity contribution in [3.05, 3.63) is 72.9 Å². The van der Waals surface area contributed by atoms with Gasteiger partial charge < -0.3 is 11.5 Å². The molecule has 0 saturated carbocycles. The van der Waals surface area contributed by atoms with Crippen LogP contribution < -0.4 is 11.5 Å². The minimum atomic E-state index is -0.628. The maximum atomic E-state index is 11.2. The molecule has 4 N–H and O–H groups in total. The van der Waals surface area contributed by atoms with Crippen molar-refractivity contribution in [3.8, 4) is 0 Å². The predicted molar refractivity (Wildman–Crippen MR) is 119 cm³/mol. The molecule has 0 radical (unpaired) electrons. The molecule has 0 bridgehead atoms. The quantitative estimate of drug-likeness (QED) is 0.205. The molecule has 28 heavy (non-hydrogen) atoms. The zero-order valence-electron chi connectivity index (χ0n) is 17.3. The Morgan fingerprint density at radius 3 is 1.29 bits per heavy atom. The van der Waals surface area contributed by atoms with Gasteiger partial charge in [0.1, 0.15) is 0 Å². The Morgan fingerprint density at radius 1 is 0.500 bits per heavy atom. The van der Waals surface area contributed by atoms with E-state index < -0.39 is 5.91 Å². The van der Waals surface area contributed by atoms with E-state index in [1.807, 2.05) is 0 Å². The minimum absolute atomic E-state index is 0.124. The standard InChI is InChI=1S/C24H36N2O2/c1-17(15-13-11-9-7-8-10-12-14-16-23(25)27)18(2)19(3)20(4)21(5)22(6)24(26)28/h1-16H2,(H2,25,27)(H2,26,28). The van der Waals surface area contributed by atoms with Gasteiger partial charge in [0.15, 0.2) is 0 Å². The molecule has 0 aromatic rings. The van der Waals surface area contributed by atoms with Gasteiger partial charge in [-0.25, -0.2) is 0 Å². The molecule has 4 heteroatoms. The molecule has 0 saturated heterocycles. The number of carbonyl (C=O) groups is 2. The average molecular weight is 385 g/mol. The highest BCUT2D eigenvalue weighted by Gasteiger charge is 2.15. The Bertz CT molecular complexity index is 668. The SMILES string of the molecule is C=C(CCCCCCCCCCC(N)=O)C(=C)C(=C)C(=C)C(=C)C(=C)C(N)=O. The van der Waals surface area contributed by atoms with Gasteiger partial charge >= 0.3 is 0 Å². The normalized spacial score (nSPS) is 10.1. The Hall–Kier alpha value is -2.62. The van der Waals surface area contributed by atoms with Gasteiger partial charge in [0.2, 0.25) is 11.8 Å². The summed E-state index contributed by atoms with van der Waals surface area (Å²) in [6.07, 6.45) is 10.2. The molecule has 0 unspecified atom stereocenters. The largest absolute Gasteiger partial charge is 0.370 e.